The first-order valence-corrected chi connectivity index (χ1v) is 8.36. The Bertz CT molecular complexity index is 718. The molecule has 3 rings (SSSR count). The van der Waals surface area contributed by atoms with E-state index in [0.29, 0.717) is 29.8 Å². The number of methoxy groups -OCH3 is 2. The molecular formula is C17H22N4O4. The summed E-state index contributed by atoms with van der Waals surface area (Å²) in [5.74, 6) is 1.20. The summed E-state index contributed by atoms with van der Waals surface area (Å²) in [5.41, 5.74) is 0.354. The number of carbonyl (C=O) groups excluding carboxylic acids is 1. The maximum Gasteiger partial charge on any atom is 0.273 e. The SMILES string of the molecule is COCc1nc([C@@H]2CCCCCN2C(=O)c2cccc(OC)n2)no1. The Hall–Kier alpha value is -2.48. The molecule has 25 heavy (non-hydrogen) atoms. The second kappa shape index (κ2) is 8.06. The van der Waals surface area contributed by atoms with Gasteiger partial charge in [0.25, 0.3) is 11.8 Å². The second-order valence-corrected chi connectivity index (χ2v) is 5.91. The zero-order chi connectivity index (χ0) is 17.6. The first-order chi connectivity index (χ1) is 12.2. The molecule has 0 bridgehead atoms. The number of carbonyl (C=O) groups is 1. The van der Waals surface area contributed by atoms with Gasteiger partial charge < -0.3 is 18.9 Å². The third kappa shape index (κ3) is 3.96. The highest BCUT2D eigenvalue weighted by Crippen LogP contribution is 2.30. The molecule has 1 atom stereocenters. The highest BCUT2D eigenvalue weighted by Gasteiger charge is 2.31. The molecule has 134 valence electrons. The fourth-order valence-corrected chi connectivity index (χ4v) is 3.00. The topological polar surface area (TPSA) is 90.6 Å². The average molecular weight is 346 g/mol. The van der Waals surface area contributed by atoms with Crippen molar-refractivity contribution in [2.75, 3.05) is 20.8 Å². The van der Waals surface area contributed by atoms with Gasteiger partial charge in [-0.3, -0.25) is 4.79 Å². The number of pyridine rings is 1. The lowest BCUT2D eigenvalue weighted by atomic mass is 10.1. The Labute approximate surface area is 146 Å². The van der Waals surface area contributed by atoms with Crippen molar-refractivity contribution in [3.8, 4) is 5.88 Å². The summed E-state index contributed by atoms with van der Waals surface area (Å²) in [6, 6.07) is 4.95. The van der Waals surface area contributed by atoms with Crippen molar-refractivity contribution in [1.82, 2.24) is 20.0 Å². The molecule has 1 fully saturated rings. The van der Waals surface area contributed by atoms with E-state index in [0.717, 1.165) is 25.7 Å². The lowest BCUT2D eigenvalue weighted by Crippen LogP contribution is -2.35. The highest BCUT2D eigenvalue weighted by atomic mass is 16.5. The van der Waals surface area contributed by atoms with Crippen molar-refractivity contribution in [2.45, 2.75) is 38.3 Å². The molecular weight excluding hydrogens is 324 g/mol. The van der Waals surface area contributed by atoms with E-state index in [4.69, 9.17) is 14.0 Å². The zero-order valence-electron chi connectivity index (χ0n) is 14.5. The van der Waals surface area contributed by atoms with Gasteiger partial charge in [0.15, 0.2) is 5.82 Å². The van der Waals surface area contributed by atoms with E-state index in [1.165, 1.54) is 7.11 Å². The number of nitrogens with zero attached hydrogens (tertiary/aromatic N) is 4. The summed E-state index contributed by atoms with van der Waals surface area (Å²) >= 11 is 0. The summed E-state index contributed by atoms with van der Waals surface area (Å²) in [4.78, 5) is 23.5. The van der Waals surface area contributed by atoms with E-state index in [-0.39, 0.29) is 18.6 Å². The minimum Gasteiger partial charge on any atom is -0.481 e. The minimum absolute atomic E-state index is 0.149. The van der Waals surface area contributed by atoms with Gasteiger partial charge in [-0.2, -0.15) is 4.98 Å². The fourth-order valence-electron chi connectivity index (χ4n) is 3.00. The molecule has 3 heterocycles. The lowest BCUT2D eigenvalue weighted by molar-refractivity contribution is 0.0663. The molecule has 0 unspecified atom stereocenters. The third-order valence-corrected chi connectivity index (χ3v) is 4.22. The molecule has 0 N–H and O–H groups in total. The van der Waals surface area contributed by atoms with E-state index in [2.05, 4.69) is 15.1 Å². The van der Waals surface area contributed by atoms with Gasteiger partial charge in [0.1, 0.15) is 12.3 Å². The van der Waals surface area contributed by atoms with Crippen LogP contribution >= 0.6 is 0 Å². The molecule has 8 heteroatoms. The summed E-state index contributed by atoms with van der Waals surface area (Å²) in [7, 11) is 3.10. The molecule has 2 aromatic rings. The van der Waals surface area contributed by atoms with Crippen LogP contribution in [-0.2, 0) is 11.3 Å². The van der Waals surface area contributed by atoms with Crippen LogP contribution in [0.3, 0.4) is 0 Å². The standard InChI is InChI=1S/C17H22N4O4/c1-23-11-15-19-16(20-25-15)13-8-4-3-5-10-21(13)17(22)12-7-6-9-14(18-12)24-2/h6-7,9,13H,3-5,8,10-11H2,1-2H3/t13-/m0/s1. The maximum absolute atomic E-state index is 13.0. The monoisotopic (exact) mass is 346 g/mol. The molecule has 1 aliphatic heterocycles. The average Bonchev–Trinajstić information content (AvgIpc) is 2.97. The maximum atomic E-state index is 13.0. The van der Waals surface area contributed by atoms with Crippen LogP contribution in [0.4, 0.5) is 0 Å². The smallest absolute Gasteiger partial charge is 0.273 e. The zero-order valence-corrected chi connectivity index (χ0v) is 14.5. The number of likely N-dealkylation sites (tertiary alicyclic amines) is 1. The summed E-state index contributed by atoms with van der Waals surface area (Å²) in [5, 5.41) is 4.06. The third-order valence-electron chi connectivity index (χ3n) is 4.22. The predicted molar refractivity (Wildman–Crippen MR) is 88.0 cm³/mol. The molecule has 1 amide bonds. The Morgan fingerprint density at radius 2 is 2.16 bits per heavy atom. The molecule has 2 aromatic heterocycles. The number of hydrogen-bond donors (Lipinski definition) is 0. The summed E-state index contributed by atoms with van der Waals surface area (Å²) in [6.45, 7) is 0.891. The van der Waals surface area contributed by atoms with Crippen LogP contribution in [0.25, 0.3) is 0 Å². The number of rotatable bonds is 5. The van der Waals surface area contributed by atoms with Crippen LogP contribution in [0.2, 0.25) is 0 Å². The summed E-state index contributed by atoms with van der Waals surface area (Å²) in [6.07, 6.45) is 3.80. The molecule has 1 saturated heterocycles. The van der Waals surface area contributed by atoms with Crippen molar-refractivity contribution in [1.29, 1.82) is 0 Å². The van der Waals surface area contributed by atoms with Gasteiger partial charge in [0, 0.05) is 19.7 Å². The van der Waals surface area contributed by atoms with Gasteiger partial charge in [-0.25, -0.2) is 4.98 Å². The number of ether oxygens (including phenoxy) is 2. The van der Waals surface area contributed by atoms with Gasteiger partial charge >= 0.3 is 0 Å². The van der Waals surface area contributed by atoms with Crippen LogP contribution in [-0.4, -0.2) is 46.7 Å². The van der Waals surface area contributed by atoms with Crippen molar-refractivity contribution in [3.63, 3.8) is 0 Å². The number of amides is 1. The van der Waals surface area contributed by atoms with Gasteiger partial charge in [-0.05, 0) is 18.9 Å². The molecule has 0 radical (unpaired) electrons. The Balaban J connectivity index is 1.87. The Morgan fingerprint density at radius 1 is 1.28 bits per heavy atom. The van der Waals surface area contributed by atoms with E-state index >= 15 is 0 Å². The van der Waals surface area contributed by atoms with Crippen molar-refractivity contribution < 1.29 is 18.8 Å². The van der Waals surface area contributed by atoms with Crippen molar-refractivity contribution in [2.24, 2.45) is 0 Å². The van der Waals surface area contributed by atoms with E-state index in [1.54, 1.807) is 30.2 Å². The van der Waals surface area contributed by atoms with Crippen LogP contribution in [0.5, 0.6) is 5.88 Å². The quantitative estimate of drug-likeness (QED) is 0.821. The minimum atomic E-state index is -0.225. The van der Waals surface area contributed by atoms with Gasteiger partial charge in [-0.1, -0.05) is 24.1 Å². The molecule has 1 aliphatic rings. The van der Waals surface area contributed by atoms with Gasteiger partial charge in [0.05, 0.1) is 13.2 Å². The predicted octanol–water partition coefficient (Wildman–Crippen LogP) is 2.38. The van der Waals surface area contributed by atoms with Crippen LogP contribution in [0.15, 0.2) is 22.7 Å². The second-order valence-electron chi connectivity index (χ2n) is 5.91. The molecule has 8 nitrogen and oxygen atoms in total. The molecule has 0 saturated carbocycles. The first kappa shape index (κ1) is 17.3. The highest BCUT2D eigenvalue weighted by molar-refractivity contribution is 5.92. The Morgan fingerprint density at radius 3 is 2.96 bits per heavy atom. The largest absolute Gasteiger partial charge is 0.481 e. The molecule has 0 spiro atoms. The lowest BCUT2D eigenvalue weighted by Gasteiger charge is -2.27. The fraction of sp³-hybridized carbons (Fsp3) is 0.529. The van der Waals surface area contributed by atoms with Crippen LogP contribution in [0.1, 0.15) is 53.9 Å². The Kier molecular flexibility index (Phi) is 5.60. The number of aromatic nitrogens is 3. The van der Waals surface area contributed by atoms with Crippen molar-refractivity contribution >= 4 is 5.91 Å². The molecule has 0 aromatic carbocycles. The normalized spacial score (nSPS) is 18.0. The van der Waals surface area contributed by atoms with Gasteiger partial charge in [-0.15, -0.1) is 0 Å². The molecule has 0 aliphatic carbocycles. The first-order valence-electron chi connectivity index (χ1n) is 8.36. The van der Waals surface area contributed by atoms with E-state index in [1.807, 2.05) is 0 Å². The number of hydrogen-bond acceptors (Lipinski definition) is 7. The van der Waals surface area contributed by atoms with Gasteiger partial charge in [0.2, 0.25) is 5.88 Å². The van der Waals surface area contributed by atoms with Crippen molar-refractivity contribution in [3.05, 3.63) is 35.6 Å². The van der Waals surface area contributed by atoms with E-state index < -0.39 is 0 Å². The van der Waals surface area contributed by atoms with Crippen LogP contribution in [0, 0.1) is 0 Å². The summed E-state index contributed by atoms with van der Waals surface area (Å²) < 4.78 is 15.4. The van der Waals surface area contributed by atoms with E-state index in [9.17, 15) is 4.79 Å². The van der Waals surface area contributed by atoms with Crippen LogP contribution < -0.4 is 4.74 Å².